The average molecular weight is 355 g/mol. The second-order valence-corrected chi connectivity index (χ2v) is 5.42. The number of benzene rings is 1. The molecule has 2 aromatic rings. The van der Waals surface area contributed by atoms with Gasteiger partial charge < -0.3 is 10.8 Å². The number of phenolic OH excluding ortho intramolecular Hbond substituents is 1. The van der Waals surface area contributed by atoms with Gasteiger partial charge in [0.05, 0.1) is 9.26 Å². The van der Waals surface area contributed by atoms with E-state index < -0.39 is 0 Å². The molecular formula is C13H14IN3O. The number of halogens is 1. The maximum Gasteiger partial charge on any atom is 0.161 e. The molecule has 0 unspecified atom stereocenters. The van der Waals surface area contributed by atoms with Gasteiger partial charge in [0.15, 0.2) is 5.82 Å². The fourth-order valence-electron chi connectivity index (χ4n) is 1.64. The number of hydrogen-bond donors (Lipinski definition) is 2. The smallest absolute Gasteiger partial charge is 0.161 e. The number of nitrogen functional groups attached to an aromatic ring is 1. The first-order valence-corrected chi connectivity index (χ1v) is 6.69. The number of rotatable bonds is 2. The summed E-state index contributed by atoms with van der Waals surface area (Å²) < 4.78 is 0.895. The second-order valence-electron chi connectivity index (χ2n) is 4.34. The van der Waals surface area contributed by atoms with E-state index in [1.54, 1.807) is 18.2 Å². The topological polar surface area (TPSA) is 72.0 Å². The van der Waals surface area contributed by atoms with Gasteiger partial charge in [0.25, 0.3) is 0 Å². The second kappa shape index (κ2) is 5.09. The molecule has 4 nitrogen and oxygen atoms in total. The minimum atomic E-state index is 0.194. The van der Waals surface area contributed by atoms with Gasteiger partial charge in [-0.3, -0.25) is 0 Å². The molecule has 0 aliphatic rings. The Morgan fingerprint density at radius 1 is 1.28 bits per heavy atom. The molecule has 94 valence electrons. The summed E-state index contributed by atoms with van der Waals surface area (Å²) in [6, 6.07) is 6.86. The molecule has 2 rings (SSSR count). The van der Waals surface area contributed by atoms with Crippen LogP contribution in [0.5, 0.6) is 5.75 Å². The summed E-state index contributed by atoms with van der Waals surface area (Å²) in [6.45, 7) is 4.13. The van der Waals surface area contributed by atoms with Crippen molar-refractivity contribution in [3.8, 4) is 17.1 Å². The van der Waals surface area contributed by atoms with Crippen molar-refractivity contribution in [2.45, 2.75) is 19.8 Å². The van der Waals surface area contributed by atoms with Crippen molar-refractivity contribution in [1.82, 2.24) is 9.97 Å². The van der Waals surface area contributed by atoms with Crippen molar-refractivity contribution in [3.63, 3.8) is 0 Å². The van der Waals surface area contributed by atoms with Crippen LogP contribution in [0.4, 0.5) is 5.82 Å². The molecule has 0 radical (unpaired) electrons. The predicted molar refractivity (Wildman–Crippen MR) is 80.4 cm³/mol. The molecule has 18 heavy (non-hydrogen) atoms. The highest BCUT2D eigenvalue weighted by Gasteiger charge is 2.14. The molecule has 0 saturated heterocycles. The van der Waals surface area contributed by atoms with Crippen LogP contribution in [-0.4, -0.2) is 15.1 Å². The SMILES string of the molecule is CC(C)c1nc(-c2cccc(O)c2)nc(N)c1I. The molecule has 0 spiro atoms. The van der Waals surface area contributed by atoms with Crippen molar-refractivity contribution in [2.75, 3.05) is 5.73 Å². The van der Waals surface area contributed by atoms with Crippen molar-refractivity contribution in [1.29, 1.82) is 0 Å². The van der Waals surface area contributed by atoms with Gasteiger partial charge in [-0.25, -0.2) is 9.97 Å². The normalized spacial score (nSPS) is 10.9. The molecule has 3 N–H and O–H groups in total. The maximum absolute atomic E-state index is 9.49. The molecule has 0 saturated carbocycles. The zero-order valence-electron chi connectivity index (χ0n) is 10.2. The highest BCUT2D eigenvalue weighted by molar-refractivity contribution is 14.1. The van der Waals surface area contributed by atoms with Crippen LogP contribution in [0.2, 0.25) is 0 Å². The zero-order valence-corrected chi connectivity index (χ0v) is 12.3. The van der Waals surface area contributed by atoms with Crippen LogP contribution >= 0.6 is 22.6 Å². The lowest BCUT2D eigenvalue weighted by molar-refractivity contribution is 0.475. The summed E-state index contributed by atoms with van der Waals surface area (Å²) in [4.78, 5) is 8.81. The first-order valence-electron chi connectivity index (χ1n) is 5.61. The number of aromatic nitrogens is 2. The van der Waals surface area contributed by atoms with Gasteiger partial charge in [-0.05, 0) is 40.6 Å². The fourth-order valence-corrected chi connectivity index (χ4v) is 2.50. The Balaban J connectivity index is 2.59. The number of anilines is 1. The largest absolute Gasteiger partial charge is 0.508 e. The summed E-state index contributed by atoms with van der Waals surface area (Å²) in [5, 5.41) is 9.49. The van der Waals surface area contributed by atoms with E-state index in [4.69, 9.17) is 5.73 Å². The fraction of sp³-hybridized carbons (Fsp3) is 0.231. The standard InChI is InChI=1S/C13H14IN3O/c1-7(2)11-10(14)12(15)17-13(16-11)8-4-3-5-9(18)6-8/h3-7,18H,1-2H3,(H2,15,16,17). The molecule has 0 fully saturated rings. The Labute approximate surface area is 119 Å². The lowest BCUT2D eigenvalue weighted by Gasteiger charge is -2.11. The molecule has 1 aromatic carbocycles. The van der Waals surface area contributed by atoms with Crippen molar-refractivity contribution >= 4 is 28.4 Å². The summed E-state index contributed by atoms with van der Waals surface area (Å²) in [7, 11) is 0. The van der Waals surface area contributed by atoms with Crippen molar-refractivity contribution in [2.24, 2.45) is 0 Å². The Hall–Kier alpha value is -1.37. The van der Waals surface area contributed by atoms with Gasteiger partial charge in [0, 0.05) is 5.56 Å². The van der Waals surface area contributed by atoms with Crippen molar-refractivity contribution in [3.05, 3.63) is 33.5 Å². The van der Waals surface area contributed by atoms with E-state index in [0.717, 1.165) is 14.8 Å². The molecule has 0 aliphatic carbocycles. The van der Waals surface area contributed by atoms with E-state index >= 15 is 0 Å². The predicted octanol–water partition coefficient (Wildman–Crippen LogP) is 3.16. The third-order valence-corrected chi connectivity index (χ3v) is 3.66. The van der Waals surface area contributed by atoms with Crippen LogP contribution in [0, 0.1) is 3.57 Å². The molecule has 0 aliphatic heterocycles. The monoisotopic (exact) mass is 355 g/mol. The highest BCUT2D eigenvalue weighted by atomic mass is 127. The van der Waals surface area contributed by atoms with Crippen LogP contribution in [-0.2, 0) is 0 Å². The average Bonchev–Trinajstić information content (AvgIpc) is 2.32. The lowest BCUT2D eigenvalue weighted by atomic mass is 10.1. The van der Waals surface area contributed by atoms with Gasteiger partial charge in [-0.2, -0.15) is 0 Å². The minimum Gasteiger partial charge on any atom is -0.508 e. The quantitative estimate of drug-likeness (QED) is 0.812. The molecule has 5 heteroatoms. The van der Waals surface area contributed by atoms with Crippen LogP contribution in [0.25, 0.3) is 11.4 Å². The van der Waals surface area contributed by atoms with Gasteiger partial charge >= 0.3 is 0 Å². The third-order valence-electron chi connectivity index (χ3n) is 2.55. The van der Waals surface area contributed by atoms with E-state index in [-0.39, 0.29) is 11.7 Å². The molecular weight excluding hydrogens is 341 g/mol. The van der Waals surface area contributed by atoms with E-state index in [0.29, 0.717) is 11.6 Å². The third kappa shape index (κ3) is 2.55. The van der Waals surface area contributed by atoms with Crippen LogP contribution in [0.15, 0.2) is 24.3 Å². The first-order chi connectivity index (χ1) is 8.49. The van der Waals surface area contributed by atoms with E-state index in [1.165, 1.54) is 0 Å². The maximum atomic E-state index is 9.49. The summed E-state index contributed by atoms with van der Waals surface area (Å²) >= 11 is 2.16. The highest BCUT2D eigenvalue weighted by Crippen LogP contribution is 2.27. The zero-order chi connectivity index (χ0) is 13.3. The number of aromatic hydroxyl groups is 1. The van der Waals surface area contributed by atoms with Crippen LogP contribution in [0.1, 0.15) is 25.5 Å². The number of nitrogens with two attached hydrogens (primary N) is 1. The van der Waals surface area contributed by atoms with Gasteiger partial charge in [0.2, 0.25) is 0 Å². The minimum absolute atomic E-state index is 0.194. The van der Waals surface area contributed by atoms with Crippen LogP contribution < -0.4 is 5.73 Å². The molecule has 0 amide bonds. The molecule has 1 heterocycles. The number of nitrogens with zero attached hydrogens (tertiary/aromatic N) is 2. The molecule has 0 atom stereocenters. The number of hydrogen-bond acceptors (Lipinski definition) is 4. The summed E-state index contributed by atoms with van der Waals surface area (Å²) in [5.74, 6) is 1.50. The Bertz CT molecular complexity index is 584. The Morgan fingerprint density at radius 2 is 2.00 bits per heavy atom. The molecule has 1 aromatic heterocycles. The number of phenols is 1. The Kier molecular flexibility index (Phi) is 3.70. The van der Waals surface area contributed by atoms with E-state index in [2.05, 4.69) is 46.4 Å². The lowest BCUT2D eigenvalue weighted by Crippen LogP contribution is -2.06. The van der Waals surface area contributed by atoms with Gasteiger partial charge in [-0.15, -0.1) is 0 Å². The van der Waals surface area contributed by atoms with Crippen molar-refractivity contribution < 1.29 is 5.11 Å². The van der Waals surface area contributed by atoms with Gasteiger partial charge in [-0.1, -0.05) is 26.0 Å². The van der Waals surface area contributed by atoms with E-state index in [1.807, 2.05) is 6.07 Å². The summed E-state index contributed by atoms with van der Waals surface area (Å²) in [5.41, 5.74) is 7.61. The Morgan fingerprint density at radius 3 is 2.61 bits per heavy atom. The first kappa shape index (κ1) is 13.1. The summed E-state index contributed by atoms with van der Waals surface area (Å²) in [6.07, 6.45) is 0. The molecule has 0 bridgehead atoms. The van der Waals surface area contributed by atoms with Gasteiger partial charge in [0.1, 0.15) is 11.6 Å². The van der Waals surface area contributed by atoms with E-state index in [9.17, 15) is 5.11 Å². The van der Waals surface area contributed by atoms with Crippen LogP contribution in [0.3, 0.4) is 0 Å².